The maximum absolute atomic E-state index is 12.3. The third-order valence-electron chi connectivity index (χ3n) is 4.44. The Bertz CT molecular complexity index is 868. The van der Waals surface area contributed by atoms with Crippen LogP contribution in [-0.2, 0) is 19.5 Å². The molecular weight excluding hydrogens is 326 g/mol. The van der Waals surface area contributed by atoms with E-state index in [1.807, 2.05) is 49.8 Å². The lowest BCUT2D eigenvalue weighted by atomic mass is 10.1. The highest BCUT2D eigenvalue weighted by Gasteiger charge is 2.11. The first-order chi connectivity index (χ1) is 12.7. The van der Waals surface area contributed by atoms with Crippen molar-refractivity contribution in [2.75, 3.05) is 13.6 Å². The zero-order valence-electron chi connectivity index (χ0n) is 15.4. The van der Waals surface area contributed by atoms with Crippen LogP contribution in [0.3, 0.4) is 0 Å². The number of hydrogen-bond acceptors (Lipinski definition) is 3. The second-order valence-electron chi connectivity index (χ2n) is 6.32. The number of carbonyl (C=O) groups is 1. The molecule has 0 aliphatic heterocycles. The van der Waals surface area contributed by atoms with E-state index in [1.54, 1.807) is 11.1 Å². The van der Waals surface area contributed by atoms with Gasteiger partial charge in [0.25, 0.3) is 0 Å². The van der Waals surface area contributed by atoms with Gasteiger partial charge in [0.15, 0.2) is 0 Å². The number of nitrogens with zero attached hydrogens (tertiary/aromatic N) is 4. The fourth-order valence-corrected chi connectivity index (χ4v) is 3.06. The van der Waals surface area contributed by atoms with E-state index >= 15 is 0 Å². The Morgan fingerprint density at radius 1 is 1.19 bits per heavy atom. The largest absolute Gasteiger partial charge is 0.338 e. The third kappa shape index (κ3) is 4.20. The number of pyridine rings is 1. The fraction of sp³-hybridized carbons (Fsp3) is 0.350. The highest BCUT2D eigenvalue weighted by molar-refractivity contribution is 5.82. The minimum Gasteiger partial charge on any atom is -0.338 e. The third-order valence-corrected chi connectivity index (χ3v) is 4.44. The number of amides is 2. The highest BCUT2D eigenvalue weighted by Crippen LogP contribution is 2.17. The summed E-state index contributed by atoms with van der Waals surface area (Å²) < 4.78 is 2.14. The minimum atomic E-state index is -0.0701. The van der Waals surface area contributed by atoms with E-state index in [9.17, 15) is 4.79 Å². The second-order valence-corrected chi connectivity index (χ2v) is 6.32. The summed E-state index contributed by atoms with van der Waals surface area (Å²) in [7, 11) is 1.81. The van der Waals surface area contributed by atoms with Crippen LogP contribution < -0.4 is 5.32 Å². The number of imidazole rings is 1. The molecule has 0 fully saturated rings. The van der Waals surface area contributed by atoms with Crippen molar-refractivity contribution in [3.05, 3.63) is 60.3 Å². The number of rotatable bonds is 7. The van der Waals surface area contributed by atoms with Crippen LogP contribution in [0.1, 0.15) is 24.7 Å². The molecule has 0 saturated carbocycles. The van der Waals surface area contributed by atoms with Crippen LogP contribution in [0.5, 0.6) is 0 Å². The van der Waals surface area contributed by atoms with E-state index < -0.39 is 0 Å². The van der Waals surface area contributed by atoms with Crippen molar-refractivity contribution in [1.82, 2.24) is 24.8 Å². The number of fused-ring (bicyclic) bond motifs is 1. The lowest BCUT2D eigenvalue weighted by Gasteiger charge is -2.19. The quantitative estimate of drug-likeness (QED) is 0.665. The van der Waals surface area contributed by atoms with Gasteiger partial charge in [-0.3, -0.25) is 4.98 Å². The molecular formula is C20H25N5O. The van der Waals surface area contributed by atoms with Gasteiger partial charge in [-0.15, -0.1) is 0 Å². The van der Waals surface area contributed by atoms with Crippen LogP contribution in [0.2, 0.25) is 0 Å². The Kier molecular flexibility index (Phi) is 5.84. The number of hydrogen-bond donors (Lipinski definition) is 1. The van der Waals surface area contributed by atoms with Crippen molar-refractivity contribution < 1.29 is 4.79 Å². The number of benzene rings is 1. The molecule has 0 radical (unpaired) electrons. The number of nitrogens with one attached hydrogen (secondary N) is 1. The minimum absolute atomic E-state index is 0.0701. The molecule has 3 rings (SSSR count). The summed E-state index contributed by atoms with van der Waals surface area (Å²) in [5.41, 5.74) is 1.99. The van der Waals surface area contributed by atoms with Gasteiger partial charge in [-0.1, -0.05) is 31.2 Å². The molecule has 0 bridgehead atoms. The SMILES string of the molecule is CCc1nccn1CCCNC(=O)N(C)Cc1cccc2cccnc12. The molecule has 1 N–H and O–H groups in total. The predicted octanol–water partition coefficient (Wildman–Crippen LogP) is 3.23. The van der Waals surface area contributed by atoms with Crippen molar-refractivity contribution in [1.29, 1.82) is 0 Å². The second kappa shape index (κ2) is 8.47. The first-order valence-corrected chi connectivity index (χ1v) is 9.00. The molecule has 6 heteroatoms. The van der Waals surface area contributed by atoms with Crippen LogP contribution in [0, 0.1) is 0 Å². The number of carbonyl (C=O) groups excluding carboxylic acids is 1. The highest BCUT2D eigenvalue weighted by atomic mass is 16.2. The molecule has 0 spiro atoms. The number of aryl methyl sites for hydroxylation is 2. The van der Waals surface area contributed by atoms with Crippen LogP contribution in [0.4, 0.5) is 4.79 Å². The number of para-hydroxylation sites is 1. The maximum atomic E-state index is 12.3. The van der Waals surface area contributed by atoms with E-state index in [-0.39, 0.29) is 6.03 Å². The monoisotopic (exact) mass is 351 g/mol. The molecule has 0 atom stereocenters. The molecule has 6 nitrogen and oxygen atoms in total. The van der Waals surface area contributed by atoms with E-state index in [1.165, 1.54) is 0 Å². The van der Waals surface area contributed by atoms with Gasteiger partial charge in [0, 0.05) is 57.1 Å². The van der Waals surface area contributed by atoms with Crippen LogP contribution in [0.25, 0.3) is 10.9 Å². The molecule has 0 saturated heterocycles. The Hall–Kier alpha value is -2.89. The summed E-state index contributed by atoms with van der Waals surface area (Å²) in [5.74, 6) is 1.08. The molecule has 0 aliphatic rings. The van der Waals surface area contributed by atoms with Crippen LogP contribution in [-0.4, -0.2) is 39.1 Å². The van der Waals surface area contributed by atoms with E-state index in [4.69, 9.17) is 0 Å². The van der Waals surface area contributed by atoms with Gasteiger partial charge in [0.05, 0.1) is 5.52 Å². The van der Waals surface area contributed by atoms with Gasteiger partial charge in [0.2, 0.25) is 0 Å². The van der Waals surface area contributed by atoms with Crippen LogP contribution in [0.15, 0.2) is 48.9 Å². The van der Waals surface area contributed by atoms with E-state index in [2.05, 4.69) is 26.8 Å². The maximum Gasteiger partial charge on any atom is 0.317 e. The van der Waals surface area contributed by atoms with E-state index in [0.717, 1.165) is 41.7 Å². The standard InChI is InChI=1S/C20H25N5O/c1-3-18-21-12-14-25(18)13-6-11-23-20(26)24(2)15-17-8-4-7-16-9-5-10-22-19(16)17/h4-5,7-10,12,14H,3,6,11,13,15H2,1-2H3,(H,23,26). The molecule has 0 aliphatic carbocycles. The van der Waals surface area contributed by atoms with Crippen molar-refractivity contribution in [3.63, 3.8) is 0 Å². The Labute approximate surface area is 153 Å². The lowest BCUT2D eigenvalue weighted by Crippen LogP contribution is -2.37. The first kappa shape index (κ1) is 17.9. The zero-order chi connectivity index (χ0) is 18.4. The topological polar surface area (TPSA) is 63.1 Å². The van der Waals surface area contributed by atoms with Gasteiger partial charge in [-0.05, 0) is 18.1 Å². The van der Waals surface area contributed by atoms with Gasteiger partial charge in [-0.25, -0.2) is 9.78 Å². The summed E-state index contributed by atoms with van der Waals surface area (Å²) in [6.07, 6.45) is 7.39. The summed E-state index contributed by atoms with van der Waals surface area (Å²) >= 11 is 0. The van der Waals surface area contributed by atoms with Crippen molar-refractivity contribution in [3.8, 4) is 0 Å². The molecule has 0 unspecified atom stereocenters. The number of urea groups is 1. The molecule has 26 heavy (non-hydrogen) atoms. The Balaban J connectivity index is 1.50. The Morgan fingerprint density at radius 2 is 2.04 bits per heavy atom. The van der Waals surface area contributed by atoms with Gasteiger partial charge < -0.3 is 14.8 Å². The van der Waals surface area contributed by atoms with E-state index in [0.29, 0.717) is 13.1 Å². The molecule has 2 aromatic heterocycles. The molecule has 2 amide bonds. The first-order valence-electron chi connectivity index (χ1n) is 9.00. The van der Waals surface area contributed by atoms with Gasteiger partial charge >= 0.3 is 6.03 Å². The molecule has 1 aromatic carbocycles. The van der Waals surface area contributed by atoms with Crippen molar-refractivity contribution in [2.24, 2.45) is 0 Å². The molecule has 2 heterocycles. The fourth-order valence-electron chi connectivity index (χ4n) is 3.06. The van der Waals surface area contributed by atoms with Gasteiger partial charge in [-0.2, -0.15) is 0 Å². The lowest BCUT2D eigenvalue weighted by molar-refractivity contribution is 0.206. The average Bonchev–Trinajstić information content (AvgIpc) is 3.13. The summed E-state index contributed by atoms with van der Waals surface area (Å²) in [6.45, 7) is 4.12. The number of aromatic nitrogens is 3. The predicted molar refractivity (Wildman–Crippen MR) is 103 cm³/mol. The summed E-state index contributed by atoms with van der Waals surface area (Å²) in [5, 5.41) is 4.07. The normalized spacial score (nSPS) is 10.8. The van der Waals surface area contributed by atoms with Gasteiger partial charge in [0.1, 0.15) is 5.82 Å². The van der Waals surface area contributed by atoms with Crippen molar-refractivity contribution in [2.45, 2.75) is 32.9 Å². The smallest absolute Gasteiger partial charge is 0.317 e. The average molecular weight is 351 g/mol. The summed E-state index contributed by atoms with van der Waals surface area (Å²) in [6, 6.07) is 9.94. The van der Waals surface area contributed by atoms with Crippen LogP contribution >= 0.6 is 0 Å². The van der Waals surface area contributed by atoms with Crippen molar-refractivity contribution >= 4 is 16.9 Å². The molecule has 136 valence electrons. The zero-order valence-corrected chi connectivity index (χ0v) is 15.4. The molecule has 3 aromatic rings. The Morgan fingerprint density at radius 3 is 2.88 bits per heavy atom. The summed E-state index contributed by atoms with van der Waals surface area (Å²) in [4.78, 5) is 22.8.